The fourth-order valence-corrected chi connectivity index (χ4v) is 6.37. The number of rotatable bonds is 5. The van der Waals surface area contributed by atoms with Crippen LogP contribution in [0.2, 0.25) is 0 Å². The van der Waals surface area contributed by atoms with E-state index in [-0.39, 0.29) is 11.0 Å². The van der Waals surface area contributed by atoms with Crippen molar-refractivity contribution in [1.29, 1.82) is 0 Å². The van der Waals surface area contributed by atoms with Gasteiger partial charge < -0.3 is 9.64 Å². The predicted octanol–water partition coefficient (Wildman–Crippen LogP) is 4.85. The number of benzene rings is 2. The van der Waals surface area contributed by atoms with Crippen molar-refractivity contribution in [1.82, 2.24) is 8.87 Å². The van der Waals surface area contributed by atoms with E-state index in [2.05, 4.69) is 27.9 Å². The quantitative estimate of drug-likeness (QED) is 0.528. The summed E-state index contributed by atoms with van der Waals surface area (Å²) in [7, 11) is -1.64. The summed E-state index contributed by atoms with van der Waals surface area (Å²) >= 11 is 3.39. The van der Waals surface area contributed by atoms with Gasteiger partial charge in [0.25, 0.3) is 10.0 Å². The van der Waals surface area contributed by atoms with E-state index in [1.807, 2.05) is 44.3 Å². The molecule has 154 valence electrons. The van der Waals surface area contributed by atoms with E-state index >= 15 is 0 Å². The zero-order valence-electron chi connectivity index (χ0n) is 16.8. The van der Waals surface area contributed by atoms with Crippen LogP contribution >= 0.6 is 15.9 Å². The van der Waals surface area contributed by atoms with Crippen molar-refractivity contribution in [3.05, 3.63) is 58.7 Å². The van der Waals surface area contributed by atoms with Gasteiger partial charge in [0.05, 0.1) is 11.6 Å². The maximum absolute atomic E-state index is 13.5. The van der Waals surface area contributed by atoms with E-state index in [9.17, 15) is 8.42 Å². The van der Waals surface area contributed by atoms with Gasteiger partial charge >= 0.3 is 0 Å². The summed E-state index contributed by atoms with van der Waals surface area (Å²) in [6.45, 7) is 5.90. The summed E-state index contributed by atoms with van der Waals surface area (Å²) in [5.74, 6) is 1.06. The SMILES string of the molecule is CC(C)Oc1ccc2c(c1)c([C@H]1CCN(C)C1)cn2S(=O)(=O)c1ccccc1Br. The summed E-state index contributed by atoms with van der Waals surface area (Å²) in [4.78, 5) is 2.54. The Morgan fingerprint density at radius 3 is 2.59 bits per heavy atom. The molecule has 1 fully saturated rings. The van der Waals surface area contributed by atoms with Gasteiger partial charge in [-0.25, -0.2) is 12.4 Å². The first-order valence-corrected chi connectivity index (χ1v) is 12.0. The van der Waals surface area contributed by atoms with Gasteiger partial charge in [-0.15, -0.1) is 0 Å². The van der Waals surface area contributed by atoms with Crippen LogP contribution in [0.15, 0.2) is 58.0 Å². The van der Waals surface area contributed by atoms with Crippen LogP contribution in [-0.4, -0.2) is 43.5 Å². The van der Waals surface area contributed by atoms with E-state index in [1.165, 1.54) is 3.97 Å². The van der Waals surface area contributed by atoms with E-state index in [1.54, 1.807) is 18.2 Å². The van der Waals surface area contributed by atoms with Gasteiger partial charge in [0.2, 0.25) is 0 Å². The number of likely N-dealkylation sites (N-methyl/N-ethyl adjacent to an activating group) is 1. The van der Waals surface area contributed by atoms with Crippen molar-refractivity contribution in [2.24, 2.45) is 0 Å². The summed E-state index contributed by atoms with van der Waals surface area (Å²) in [5.41, 5.74) is 1.75. The van der Waals surface area contributed by atoms with Crippen LogP contribution in [0.3, 0.4) is 0 Å². The molecule has 0 saturated carbocycles. The minimum absolute atomic E-state index is 0.0552. The molecule has 0 bridgehead atoms. The molecular weight excluding hydrogens is 452 g/mol. The molecule has 2 aromatic carbocycles. The predicted molar refractivity (Wildman–Crippen MR) is 119 cm³/mol. The minimum Gasteiger partial charge on any atom is -0.491 e. The van der Waals surface area contributed by atoms with Gasteiger partial charge in [-0.3, -0.25) is 0 Å². The lowest BCUT2D eigenvalue weighted by Crippen LogP contribution is -2.14. The second kappa shape index (κ2) is 7.78. The molecule has 1 aromatic heterocycles. The summed E-state index contributed by atoms with van der Waals surface area (Å²) < 4.78 is 34.9. The van der Waals surface area contributed by atoms with Crippen molar-refractivity contribution in [3.8, 4) is 5.75 Å². The van der Waals surface area contributed by atoms with Crippen LogP contribution in [0.4, 0.5) is 0 Å². The first-order valence-electron chi connectivity index (χ1n) is 9.77. The number of likely N-dealkylation sites (tertiary alicyclic amines) is 1. The summed E-state index contributed by atoms with van der Waals surface area (Å²) in [6, 6.07) is 12.6. The Bertz CT molecular complexity index is 1150. The number of hydrogen-bond acceptors (Lipinski definition) is 4. The largest absolute Gasteiger partial charge is 0.491 e. The maximum atomic E-state index is 13.5. The lowest BCUT2D eigenvalue weighted by molar-refractivity contribution is 0.243. The third kappa shape index (κ3) is 3.83. The molecule has 2 heterocycles. The Balaban J connectivity index is 1.92. The Kier molecular flexibility index (Phi) is 5.48. The topological polar surface area (TPSA) is 51.5 Å². The number of fused-ring (bicyclic) bond motifs is 1. The number of aromatic nitrogens is 1. The number of halogens is 1. The molecule has 1 atom stereocenters. The minimum atomic E-state index is -3.74. The highest BCUT2D eigenvalue weighted by molar-refractivity contribution is 9.10. The van der Waals surface area contributed by atoms with Crippen molar-refractivity contribution in [3.63, 3.8) is 0 Å². The zero-order valence-corrected chi connectivity index (χ0v) is 19.2. The molecule has 29 heavy (non-hydrogen) atoms. The van der Waals surface area contributed by atoms with Gasteiger partial charge in [-0.05, 0) is 91.6 Å². The molecule has 1 aliphatic heterocycles. The normalized spacial score (nSPS) is 18.0. The molecule has 1 aliphatic rings. The fourth-order valence-electron chi connectivity index (χ4n) is 4.02. The van der Waals surface area contributed by atoms with Crippen molar-refractivity contribution < 1.29 is 13.2 Å². The molecule has 0 aliphatic carbocycles. The highest BCUT2D eigenvalue weighted by Gasteiger charge is 2.29. The molecule has 0 amide bonds. The van der Waals surface area contributed by atoms with Gasteiger partial charge in [0, 0.05) is 22.6 Å². The molecule has 3 aromatic rings. The zero-order chi connectivity index (χ0) is 20.8. The van der Waals surface area contributed by atoms with Crippen LogP contribution in [0.1, 0.15) is 31.7 Å². The molecule has 7 heteroatoms. The van der Waals surface area contributed by atoms with E-state index in [0.717, 1.165) is 36.2 Å². The van der Waals surface area contributed by atoms with Gasteiger partial charge in [-0.2, -0.15) is 0 Å². The van der Waals surface area contributed by atoms with Crippen LogP contribution in [0.5, 0.6) is 5.75 Å². The molecule has 0 radical (unpaired) electrons. The lowest BCUT2D eigenvalue weighted by Gasteiger charge is -2.12. The van der Waals surface area contributed by atoms with Crippen LogP contribution in [-0.2, 0) is 10.0 Å². The standard InChI is InChI=1S/C22H25BrN2O3S/c1-15(2)28-17-8-9-21-18(12-17)19(16-10-11-24(3)13-16)14-25(21)29(26,27)22-7-5-4-6-20(22)23/h4-9,12,14-16H,10-11,13H2,1-3H3/t16-/m0/s1. The van der Waals surface area contributed by atoms with E-state index in [4.69, 9.17) is 4.74 Å². The third-order valence-corrected chi connectivity index (χ3v) is 8.04. The lowest BCUT2D eigenvalue weighted by atomic mass is 9.98. The first-order chi connectivity index (χ1) is 13.8. The Morgan fingerprint density at radius 2 is 1.93 bits per heavy atom. The van der Waals surface area contributed by atoms with Gasteiger partial charge in [0.15, 0.2) is 0 Å². The van der Waals surface area contributed by atoms with Crippen molar-refractivity contribution >= 4 is 36.9 Å². The Morgan fingerprint density at radius 1 is 1.17 bits per heavy atom. The average molecular weight is 477 g/mol. The first kappa shape index (κ1) is 20.4. The monoisotopic (exact) mass is 476 g/mol. The molecule has 0 spiro atoms. The number of nitrogens with zero attached hydrogens (tertiary/aromatic N) is 2. The van der Waals surface area contributed by atoms with E-state index in [0.29, 0.717) is 15.9 Å². The Labute approximate surface area is 180 Å². The van der Waals surface area contributed by atoms with Crippen LogP contribution in [0.25, 0.3) is 10.9 Å². The summed E-state index contributed by atoms with van der Waals surface area (Å²) in [6.07, 6.45) is 2.88. The number of ether oxygens (including phenoxy) is 1. The second-order valence-corrected chi connectivity index (χ2v) is 10.5. The Hall–Kier alpha value is -1.83. The van der Waals surface area contributed by atoms with Crippen molar-refractivity contribution in [2.45, 2.75) is 37.2 Å². The highest BCUT2D eigenvalue weighted by atomic mass is 79.9. The molecule has 1 saturated heterocycles. The van der Waals surface area contributed by atoms with Crippen LogP contribution in [0, 0.1) is 0 Å². The summed E-state index contributed by atoms with van der Waals surface area (Å²) in [5, 5.41) is 0.944. The molecule has 5 nitrogen and oxygen atoms in total. The maximum Gasteiger partial charge on any atom is 0.269 e. The van der Waals surface area contributed by atoms with Crippen molar-refractivity contribution in [2.75, 3.05) is 20.1 Å². The van der Waals surface area contributed by atoms with Gasteiger partial charge in [-0.1, -0.05) is 12.1 Å². The third-order valence-electron chi connectivity index (χ3n) is 5.35. The van der Waals surface area contributed by atoms with Gasteiger partial charge in [0.1, 0.15) is 10.6 Å². The fraction of sp³-hybridized carbons (Fsp3) is 0.364. The molecular formula is C22H25BrN2O3S. The molecule has 4 rings (SSSR count). The van der Waals surface area contributed by atoms with Crippen LogP contribution < -0.4 is 4.74 Å². The average Bonchev–Trinajstić information content (AvgIpc) is 3.25. The smallest absolute Gasteiger partial charge is 0.269 e. The molecule has 0 N–H and O–H groups in total. The second-order valence-electron chi connectivity index (χ2n) is 7.91. The molecule has 0 unspecified atom stereocenters. The number of hydrogen-bond donors (Lipinski definition) is 0. The van der Waals surface area contributed by atoms with E-state index < -0.39 is 10.0 Å². The highest BCUT2D eigenvalue weighted by Crippen LogP contribution is 2.37.